The molecule has 1 aliphatic rings. The molecule has 23 heavy (non-hydrogen) atoms. The van der Waals surface area contributed by atoms with Crippen LogP contribution in [-0.2, 0) is 0 Å². The third kappa shape index (κ3) is 2.98. The van der Waals surface area contributed by atoms with Crippen LogP contribution < -0.4 is 4.74 Å². The number of carbonyl (C=O) groups excluding carboxylic acids is 1. The summed E-state index contributed by atoms with van der Waals surface area (Å²) in [7, 11) is 1.66. The van der Waals surface area contributed by atoms with Crippen LogP contribution in [0.1, 0.15) is 58.2 Å². The molecule has 0 bridgehead atoms. The van der Waals surface area contributed by atoms with E-state index in [1.807, 2.05) is 30.0 Å². The summed E-state index contributed by atoms with van der Waals surface area (Å²) in [5, 5.41) is 1.03. The molecule has 1 aromatic carbocycles. The number of carbonyl (C=O) groups is 1. The van der Waals surface area contributed by atoms with Gasteiger partial charge in [0.1, 0.15) is 10.6 Å². The number of hydrogen-bond donors (Lipinski definition) is 0. The topological polar surface area (TPSA) is 42.4 Å². The maximum absolute atomic E-state index is 12.9. The molecule has 3 rings (SSSR count). The van der Waals surface area contributed by atoms with Gasteiger partial charge in [-0.3, -0.25) is 4.79 Å². The fourth-order valence-corrected chi connectivity index (χ4v) is 3.84. The quantitative estimate of drug-likeness (QED) is 0.845. The third-order valence-corrected chi connectivity index (χ3v) is 5.71. The Morgan fingerprint density at radius 2 is 2.22 bits per heavy atom. The number of hydrogen-bond acceptors (Lipinski definition) is 4. The van der Waals surface area contributed by atoms with E-state index >= 15 is 0 Å². The number of aromatic nitrogens is 1. The van der Waals surface area contributed by atoms with E-state index in [4.69, 9.17) is 4.74 Å². The van der Waals surface area contributed by atoms with Crippen molar-refractivity contribution in [3.8, 4) is 5.75 Å². The van der Waals surface area contributed by atoms with E-state index in [1.165, 1.54) is 11.3 Å². The van der Waals surface area contributed by atoms with Crippen molar-refractivity contribution in [2.24, 2.45) is 0 Å². The van der Waals surface area contributed by atoms with Crippen molar-refractivity contribution in [1.29, 1.82) is 0 Å². The van der Waals surface area contributed by atoms with Gasteiger partial charge < -0.3 is 9.64 Å². The molecule has 0 unspecified atom stereocenters. The Kier molecular flexibility index (Phi) is 4.39. The van der Waals surface area contributed by atoms with Crippen LogP contribution in [0.3, 0.4) is 0 Å². The molecule has 2 heterocycles. The summed E-state index contributed by atoms with van der Waals surface area (Å²) in [6, 6.07) is 8.12. The van der Waals surface area contributed by atoms with E-state index in [0.29, 0.717) is 5.92 Å². The molecule has 0 aliphatic carbocycles. The summed E-state index contributed by atoms with van der Waals surface area (Å²) in [5.41, 5.74) is 1.98. The lowest BCUT2D eigenvalue weighted by Gasteiger charge is -2.41. The molecule has 5 heteroatoms. The van der Waals surface area contributed by atoms with Gasteiger partial charge in [-0.1, -0.05) is 26.0 Å². The van der Waals surface area contributed by atoms with Gasteiger partial charge in [-0.25, -0.2) is 4.98 Å². The van der Waals surface area contributed by atoms with Gasteiger partial charge in [-0.05, 0) is 31.0 Å². The molecule has 0 radical (unpaired) electrons. The second-order valence-electron chi connectivity index (χ2n) is 6.20. The highest BCUT2D eigenvalue weighted by Gasteiger charge is 2.35. The average Bonchev–Trinajstić information content (AvgIpc) is 2.88. The van der Waals surface area contributed by atoms with Crippen molar-refractivity contribution in [3.05, 3.63) is 45.4 Å². The number of ether oxygens (including phenoxy) is 1. The Balaban J connectivity index is 1.83. The summed E-state index contributed by atoms with van der Waals surface area (Å²) in [4.78, 5) is 20.2. The predicted molar refractivity (Wildman–Crippen MR) is 92.3 cm³/mol. The zero-order chi connectivity index (χ0) is 16.6. The first-order valence-electron chi connectivity index (χ1n) is 7.93. The second kappa shape index (κ2) is 6.32. The number of benzene rings is 1. The summed E-state index contributed by atoms with van der Waals surface area (Å²) in [6.07, 6.45) is 0.994. The molecule has 1 fully saturated rings. The van der Waals surface area contributed by atoms with Crippen LogP contribution in [0.15, 0.2) is 24.3 Å². The maximum Gasteiger partial charge on any atom is 0.266 e. The van der Waals surface area contributed by atoms with Gasteiger partial charge in [0.25, 0.3) is 5.91 Å². The van der Waals surface area contributed by atoms with Crippen molar-refractivity contribution in [2.45, 2.75) is 39.2 Å². The first-order valence-corrected chi connectivity index (χ1v) is 8.75. The number of rotatable bonds is 4. The van der Waals surface area contributed by atoms with Crippen LogP contribution in [0.25, 0.3) is 0 Å². The molecule has 0 spiro atoms. The van der Waals surface area contributed by atoms with Gasteiger partial charge in [0, 0.05) is 12.5 Å². The molecule has 0 saturated carbocycles. The van der Waals surface area contributed by atoms with Crippen molar-refractivity contribution >= 4 is 17.2 Å². The van der Waals surface area contributed by atoms with Crippen LogP contribution >= 0.6 is 11.3 Å². The zero-order valence-electron chi connectivity index (χ0n) is 14.0. The minimum atomic E-state index is 0.103. The summed E-state index contributed by atoms with van der Waals surface area (Å²) in [6.45, 7) is 6.94. The van der Waals surface area contributed by atoms with E-state index in [-0.39, 0.29) is 11.9 Å². The number of methoxy groups -OCH3 is 1. The lowest BCUT2D eigenvalue weighted by molar-refractivity contribution is 0.0464. The standard InChI is InChI=1S/C18H22N2O2S/c1-11(2)17-19-12(3)16(23-17)18(21)20-9-8-15(20)13-6-5-7-14(10-13)22-4/h5-7,10-11,15H,8-9H2,1-4H3/t15-/m0/s1. The van der Waals surface area contributed by atoms with E-state index in [1.54, 1.807) is 7.11 Å². The zero-order valence-corrected chi connectivity index (χ0v) is 14.8. The first-order chi connectivity index (χ1) is 11.0. The largest absolute Gasteiger partial charge is 0.497 e. The highest BCUT2D eigenvalue weighted by Crippen LogP contribution is 2.37. The molecule has 1 aromatic heterocycles. The summed E-state index contributed by atoms with van der Waals surface area (Å²) in [5.74, 6) is 1.29. The van der Waals surface area contributed by atoms with E-state index in [0.717, 1.165) is 39.9 Å². The van der Waals surface area contributed by atoms with Gasteiger partial charge in [0.05, 0.1) is 23.9 Å². The molecular formula is C18H22N2O2S. The molecule has 122 valence electrons. The molecule has 1 amide bonds. The Bertz CT molecular complexity index is 724. The van der Waals surface area contributed by atoms with Crippen molar-refractivity contribution in [1.82, 2.24) is 9.88 Å². The van der Waals surface area contributed by atoms with Gasteiger partial charge in [0.2, 0.25) is 0 Å². The van der Waals surface area contributed by atoms with E-state index < -0.39 is 0 Å². The predicted octanol–water partition coefficient (Wildman–Crippen LogP) is 4.17. The van der Waals surface area contributed by atoms with Crippen LogP contribution in [0.2, 0.25) is 0 Å². The smallest absolute Gasteiger partial charge is 0.266 e. The lowest BCUT2D eigenvalue weighted by Crippen LogP contribution is -2.45. The van der Waals surface area contributed by atoms with E-state index in [9.17, 15) is 4.79 Å². The Labute approximate surface area is 141 Å². The monoisotopic (exact) mass is 330 g/mol. The molecule has 0 N–H and O–H groups in total. The highest BCUT2D eigenvalue weighted by molar-refractivity contribution is 7.13. The number of nitrogens with zero attached hydrogens (tertiary/aromatic N) is 2. The summed E-state index contributed by atoms with van der Waals surface area (Å²) < 4.78 is 5.29. The molecule has 4 nitrogen and oxygen atoms in total. The number of thiazole rings is 1. The average molecular weight is 330 g/mol. The SMILES string of the molecule is COc1cccc([C@@H]2CCN2C(=O)c2sc(C(C)C)nc2C)c1. The highest BCUT2D eigenvalue weighted by atomic mass is 32.1. The minimum absolute atomic E-state index is 0.103. The van der Waals surface area contributed by atoms with Crippen LogP contribution in [0.5, 0.6) is 5.75 Å². The number of aryl methyl sites for hydroxylation is 1. The fourth-order valence-electron chi connectivity index (χ4n) is 2.82. The van der Waals surface area contributed by atoms with E-state index in [2.05, 4.69) is 24.9 Å². The second-order valence-corrected chi connectivity index (χ2v) is 7.23. The first kappa shape index (κ1) is 16.0. The number of likely N-dealkylation sites (tertiary alicyclic amines) is 1. The van der Waals surface area contributed by atoms with Crippen molar-refractivity contribution < 1.29 is 9.53 Å². The van der Waals surface area contributed by atoms with Gasteiger partial charge in [-0.2, -0.15) is 0 Å². The minimum Gasteiger partial charge on any atom is -0.497 e. The fraction of sp³-hybridized carbons (Fsp3) is 0.444. The van der Waals surface area contributed by atoms with Crippen molar-refractivity contribution in [2.75, 3.05) is 13.7 Å². The molecule has 1 saturated heterocycles. The van der Waals surface area contributed by atoms with Gasteiger partial charge in [0.15, 0.2) is 0 Å². The Hall–Kier alpha value is -1.88. The normalized spacial score (nSPS) is 17.3. The lowest BCUT2D eigenvalue weighted by atomic mass is 9.94. The third-order valence-electron chi connectivity index (χ3n) is 4.26. The van der Waals surface area contributed by atoms with Gasteiger partial charge in [-0.15, -0.1) is 11.3 Å². The Morgan fingerprint density at radius 1 is 1.43 bits per heavy atom. The maximum atomic E-state index is 12.9. The molecule has 1 atom stereocenters. The molecule has 2 aromatic rings. The van der Waals surface area contributed by atoms with Crippen LogP contribution in [-0.4, -0.2) is 29.4 Å². The number of amides is 1. The molecule has 1 aliphatic heterocycles. The van der Waals surface area contributed by atoms with Gasteiger partial charge >= 0.3 is 0 Å². The van der Waals surface area contributed by atoms with Crippen LogP contribution in [0, 0.1) is 6.92 Å². The molecular weight excluding hydrogens is 308 g/mol. The summed E-state index contributed by atoms with van der Waals surface area (Å²) >= 11 is 1.53. The van der Waals surface area contributed by atoms with Crippen LogP contribution in [0.4, 0.5) is 0 Å². The van der Waals surface area contributed by atoms with Crippen molar-refractivity contribution in [3.63, 3.8) is 0 Å². The Morgan fingerprint density at radius 3 is 2.78 bits per heavy atom.